The van der Waals surface area contributed by atoms with Crippen LogP contribution >= 0.6 is 11.6 Å². The monoisotopic (exact) mass is 281 g/mol. The molecule has 1 amide bonds. The number of amides is 1. The van der Waals surface area contributed by atoms with Gasteiger partial charge in [-0.15, -0.1) is 0 Å². The highest BCUT2D eigenvalue weighted by Crippen LogP contribution is 2.32. The van der Waals surface area contributed by atoms with E-state index in [1.54, 1.807) is 25.3 Å². The van der Waals surface area contributed by atoms with Crippen LogP contribution in [-0.4, -0.2) is 30.9 Å². The van der Waals surface area contributed by atoms with Gasteiger partial charge in [-0.1, -0.05) is 11.6 Å². The summed E-state index contributed by atoms with van der Waals surface area (Å²) in [5, 5.41) is 0.457. The fourth-order valence-electron chi connectivity index (χ4n) is 1.98. The third-order valence-electron chi connectivity index (χ3n) is 3.42. The van der Waals surface area contributed by atoms with Crippen LogP contribution in [0.25, 0.3) is 0 Å². The number of methoxy groups -OCH3 is 1. The number of benzene rings is 1. The lowest BCUT2D eigenvalue weighted by Crippen LogP contribution is -2.35. The predicted molar refractivity (Wildman–Crippen MR) is 73.8 cm³/mol. The molecule has 5 heteroatoms. The Hall–Kier alpha value is -1.39. The molecule has 0 fully saturated rings. The summed E-state index contributed by atoms with van der Waals surface area (Å²) in [7, 11) is 1.63. The van der Waals surface area contributed by atoms with Crippen molar-refractivity contribution in [2.45, 2.75) is 25.9 Å². The van der Waals surface area contributed by atoms with E-state index in [0.29, 0.717) is 29.2 Å². The molecule has 1 heterocycles. The van der Waals surface area contributed by atoms with Crippen LogP contribution in [0, 0.1) is 0 Å². The molecule has 1 aliphatic heterocycles. The summed E-state index contributed by atoms with van der Waals surface area (Å²) in [6, 6.07) is 4.93. The van der Waals surface area contributed by atoms with Crippen molar-refractivity contribution >= 4 is 29.0 Å². The van der Waals surface area contributed by atoms with Crippen LogP contribution in [0.1, 0.15) is 30.6 Å². The van der Waals surface area contributed by atoms with Gasteiger partial charge in [-0.25, -0.2) is 0 Å². The Morgan fingerprint density at radius 1 is 1.32 bits per heavy atom. The average Bonchev–Trinajstić information content (AvgIpc) is 2.60. The van der Waals surface area contributed by atoms with Crippen molar-refractivity contribution in [2.75, 3.05) is 18.6 Å². The van der Waals surface area contributed by atoms with Crippen molar-refractivity contribution in [3.8, 4) is 0 Å². The van der Waals surface area contributed by atoms with Crippen molar-refractivity contribution in [1.82, 2.24) is 0 Å². The Morgan fingerprint density at radius 3 is 2.63 bits per heavy atom. The van der Waals surface area contributed by atoms with E-state index in [2.05, 4.69) is 0 Å². The molecular formula is C14H16ClNO3. The summed E-state index contributed by atoms with van der Waals surface area (Å²) in [4.78, 5) is 25.3. The minimum Gasteiger partial charge on any atom is -0.379 e. The Kier molecular flexibility index (Phi) is 3.65. The number of rotatable bonds is 4. The first kappa shape index (κ1) is 14.0. The summed E-state index contributed by atoms with van der Waals surface area (Å²) in [5.74, 6) is -0.989. The lowest BCUT2D eigenvalue weighted by molar-refractivity contribution is -0.114. The number of fused-ring (bicyclic) bond motifs is 1. The fourth-order valence-corrected chi connectivity index (χ4v) is 2.15. The van der Waals surface area contributed by atoms with Crippen molar-refractivity contribution < 1.29 is 14.3 Å². The number of carbonyl (C=O) groups is 2. The van der Waals surface area contributed by atoms with Gasteiger partial charge in [-0.2, -0.15) is 0 Å². The lowest BCUT2D eigenvalue weighted by atomic mass is 10.1. The zero-order valence-corrected chi connectivity index (χ0v) is 12.0. The molecule has 19 heavy (non-hydrogen) atoms. The largest absolute Gasteiger partial charge is 0.379 e. The van der Waals surface area contributed by atoms with Crippen LogP contribution in [0.15, 0.2) is 18.2 Å². The van der Waals surface area contributed by atoms with Crippen LogP contribution < -0.4 is 4.90 Å². The van der Waals surface area contributed by atoms with Crippen LogP contribution in [-0.2, 0) is 9.53 Å². The van der Waals surface area contributed by atoms with Gasteiger partial charge in [0.1, 0.15) is 0 Å². The van der Waals surface area contributed by atoms with E-state index in [0.717, 1.165) is 0 Å². The molecule has 0 saturated carbocycles. The van der Waals surface area contributed by atoms with Gasteiger partial charge in [0.25, 0.3) is 11.7 Å². The van der Waals surface area contributed by atoms with E-state index in [9.17, 15) is 9.59 Å². The highest BCUT2D eigenvalue weighted by Gasteiger charge is 2.36. The number of ketones is 1. The molecule has 0 N–H and O–H groups in total. The second-order valence-electron chi connectivity index (χ2n) is 5.16. The van der Waals surface area contributed by atoms with Crippen LogP contribution in [0.5, 0.6) is 0 Å². The van der Waals surface area contributed by atoms with E-state index in [1.165, 1.54) is 4.90 Å². The molecule has 1 aliphatic rings. The normalized spacial score (nSPS) is 15.1. The van der Waals surface area contributed by atoms with E-state index >= 15 is 0 Å². The molecule has 2 rings (SSSR count). The van der Waals surface area contributed by atoms with E-state index < -0.39 is 11.7 Å². The highest BCUT2D eigenvalue weighted by atomic mass is 35.5. The quantitative estimate of drug-likeness (QED) is 0.797. The Morgan fingerprint density at radius 2 is 2.00 bits per heavy atom. The second-order valence-corrected chi connectivity index (χ2v) is 5.60. The minimum absolute atomic E-state index is 0.335. The summed E-state index contributed by atoms with van der Waals surface area (Å²) >= 11 is 5.85. The molecule has 0 saturated heterocycles. The van der Waals surface area contributed by atoms with Crippen LogP contribution in [0.4, 0.5) is 5.69 Å². The Bertz CT molecular complexity index is 539. The number of halogens is 1. The standard InChI is InChI=1S/C14H16ClNO3/c1-14(2,19-3)6-7-16-11-5-4-9(15)8-10(11)12(17)13(16)18/h4-5,8H,6-7H2,1-3H3. The van der Waals surface area contributed by atoms with Crippen molar-refractivity contribution in [3.63, 3.8) is 0 Å². The summed E-state index contributed by atoms with van der Waals surface area (Å²) in [5.41, 5.74) is 0.678. The van der Waals surface area contributed by atoms with Crippen LogP contribution in [0.3, 0.4) is 0 Å². The topological polar surface area (TPSA) is 46.6 Å². The summed E-state index contributed by atoms with van der Waals surface area (Å²) in [6.45, 7) is 4.33. The Labute approximate surface area is 117 Å². The van der Waals surface area contributed by atoms with Gasteiger partial charge in [0.2, 0.25) is 0 Å². The maximum absolute atomic E-state index is 12.0. The summed E-state index contributed by atoms with van der Waals surface area (Å²) in [6.07, 6.45) is 0.643. The predicted octanol–water partition coefficient (Wildman–Crippen LogP) is 2.68. The van der Waals surface area contributed by atoms with Gasteiger partial charge in [-0.05, 0) is 38.5 Å². The minimum atomic E-state index is -0.496. The first-order valence-electron chi connectivity index (χ1n) is 6.06. The van der Waals surface area contributed by atoms with Gasteiger partial charge in [0.05, 0.1) is 16.9 Å². The summed E-state index contributed by atoms with van der Waals surface area (Å²) < 4.78 is 5.32. The van der Waals surface area contributed by atoms with E-state index in [-0.39, 0.29) is 5.60 Å². The van der Waals surface area contributed by atoms with Crippen molar-refractivity contribution in [1.29, 1.82) is 0 Å². The third-order valence-corrected chi connectivity index (χ3v) is 3.66. The number of hydrogen-bond donors (Lipinski definition) is 0. The molecule has 4 nitrogen and oxygen atoms in total. The number of hydrogen-bond acceptors (Lipinski definition) is 3. The average molecular weight is 282 g/mol. The third kappa shape index (κ3) is 2.65. The molecule has 0 spiro atoms. The van der Waals surface area contributed by atoms with Gasteiger partial charge < -0.3 is 9.64 Å². The fraction of sp³-hybridized carbons (Fsp3) is 0.429. The molecule has 0 unspecified atom stereocenters. The van der Waals surface area contributed by atoms with Gasteiger partial charge in [0, 0.05) is 18.7 Å². The number of ether oxygens (including phenoxy) is 1. The van der Waals surface area contributed by atoms with Crippen molar-refractivity contribution in [2.24, 2.45) is 0 Å². The Balaban J connectivity index is 2.24. The molecule has 0 bridgehead atoms. The molecule has 0 aromatic heterocycles. The molecular weight excluding hydrogens is 266 g/mol. The SMILES string of the molecule is COC(C)(C)CCN1C(=O)C(=O)c2cc(Cl)ccc21. The molecule has 0 aliphatic carbocycles. The highest BCUT2D eigenvalue weighted by molar-refractivity contribution is 6.52. The maximum atomic E-state index is 12.0. The van der Waals surface area contributed by atoms with Crippen LogP contribution in [0.2, 0.25) is 5.02 Å². The number of carbonyl (C=O) groups excluding carboxylic acids is 2. The first-order valence-corrected chi connectivity index (χ1v) is 6.44. The zero-order valence-electron chi connectivity index (χ0n) is 11.2. The molecule has 1 aromatic rings. The van der Waals surface area contributed by atoms with Gasteiger partial charge in [0.15, 0.2) is 0 Å². The molecule has 1 aromatic carbocycles. The van der Waals surface area contributed by atoms with Gasteiger partial charge in [-0.3, -0.25) is 9.59 Å². The van der Waals surface area contributed by atoms with E-state index in [4.69, 9.17) is 16.3 Å². The second kappa shape index (κ2) is 4.94. The lowest BCUT2D eigenvalue weighted by Gasteiger charge is -2.26. The molecule has 0 radical (unpaired) electrons. The van der Waals surface area contributed by atoms with Crippen molar-refractivity contribution in [3.05, 3.63) is 28.8 Å². The number of nitrogens with zero attached hydrogens (tertiary/aromatic N) is 1. The van der Waals surface area contributed by atoms with Gasteiger partial charge >= 0.3 is 0 Å². The molecule has 102 valence electrons. The van der Waals surface area contributed by atoms with E-state index in [1.807, 2.05) is 13.8 Å². The number of anilines is 1. The maximum Gasteiger partial charge on any atom is 0.299 e. The first-order chi connectivity index (χ1) is 8.85. The zero-order chi connectivity index (χ0) is 14.2. The molecule has 0 atom stereocenters. The number of Topliss-reactive ketones (excluding diaryl/α,β-unsaturated/α-hetero) is 1. The smallest absolute Gasteiger partial charge is 0.299 e.